The Morgan fingerprint density at radius 2 is 2.07 bits per heavy atom. The lowest BCUT2D eigenvalue weighted by molar-refractivity contribution is 0.387. The molecule has 0 spiro atoms. The molecule has 0 bridgehead atoms. The lowest BCUT2D eigenvalue weighted by Crippen LogP contribution is -2.08. The van der Waals surface area contributed by atoms with E-state index in [1.807, 2.05) is 0 Å². The Balaban J connectivity index is 2.82. The number of halogens is 1. The molecule has 78 valence electrons. The molecule has 0 unspecified atom stereocenters. The van der Waals surface area contributed by atoms with Crippen LogP contribution in [0.2, 0.25) is 0 Å². The van der Waals surface area contributed by atoms with Gasteiger partial charge in [-0.3, -0.25) is 4.79 Å². The summed E-state index contributed by atoms with van der Waals surface area (Å²) < 4.78 is 18.2. The first-order chi connectivity index (χ1) is 7.11. The second kappa shape index (κ2) is 3.38. The van der Waals surface area contributed by atoms with Crippen LogP contribution in [0, 0.1) is 12.7 Å². The maximum absolute atomic E-state index is 13.3. The molecule has 0 atom stereocenters. The molecular weight excluding hydrogens is 197 g/mol. The number of ether oxygens (including phenoxy) is 1. The number of H-pyrrole nitrogens is 1. The summed E-state index contributed by atoms with van der Waals surface area (Å²) in [6, 6.07) is 4.53. The average Bonchev–Trinajstić information content (AvgIpc) is 2.20. The Bertz CT molecular complexity index is 575. The van der Waals surface area contributed by atoms with Gasteiger partial charge in [0.25, 0.3) is 5.56 Å². The van der Waals surface area contributed by atoms with Gasteiger partial charge in [-0.05, 0) is 19.1 Å². The molecule has 0 aliphatic carbocycles. The summed E-state index contributed by atoms with van der Waals surface area (Å²) >= 11 is 0. The van der Waals surface area contributed by atoms with Gasteiger partial charge < -0.3 is 9.72 Å². The molecular formula is C11H10FNO2. The summed E-state index contributed by atoms with van der Waals surface area (Å²) in [4.78, 5) is 13.9. The Hall–Kier alpha value is -1.84. The van der Waals surface area contributed by atoms with Gasteiger partial charge in [-0.25, -0.2) is 4.39 Å². The van der Waals surface area contributed by atoms with E-state index in [4.69, 9.17) is 4.74 Å². The Morgan fingerprint density at radius 3 is 2.73 bits per heavy atom. The minimum Gasteiger partial charge on any atom is -0.494 e. The minimum atomic E-state index is -0.482. The molecule has 2 rings (SSSR count). The summed E-state index contributed by atoms with van der Waals surface area (Å²) in [6.07, 6.45) is 0. The Morgan fingerprint density at radius 1 is 1.33 bits per heavy atom. The van der Waals surface area contributed by atoms with Gasteiger partial charge in [0.15, 0.2) is 11.6 Å². The third-order valence-corrected chi connectivity index (χ3v) is 2.30. The lowest BCUT2D eigenvalue weighted by Gasteiger charge is -2.04. The molecule has 1 aromatic carbocycles. The van der Waals surface area contributed by atoms with E-state index >= 15 is 0 Å². The van der Waals surface area contributed by atoms with E-state index in [0.29, 0.717) is 11.1 Å². The van der Waals surface area contributed by atoms with Crippen LogP contribution in [0.15, 0.2) is 23.0 Å². The lowest BCUT2D eigenvalue weighted by atomic mass is 10.1. The van der Waals surface area contributed by atoms with Gasteiger partial charge in [0.05, 0.1) is 12.6 Å². The highest BCUT2D eigenvalue weighted by atomic mass is 19.1. The van der Waals surface area contributed by atoms with Crippen molar-refractivity contribution >= 4 is 10.9 Å². The smallest absolute Gasteiger partial charge is 0.251 e. The molecule has 2 aromatic rings. The molecule has 1 aromatic heterocycles. The molecule has 0 saturated carbocycles. The molecule has 1 N–H and O–H groups in total. The van der Waals surface area contributed by atoms with Crippen LogP contribution in [-0.4, -0.2) is 12.1 Å². The van der Waals surface area contributed by atoms with Crippen molar-refractivity contribution in [3.63, 3.8) is 0 Å². The van der Waals surface area contributed by atoms with E-state index < -0.39 is 5.82 Å². The number of rotatable bonds is 1. The van der Waals surface area contributed by atoms with Crippen LogP contribution in [0.1, 0.15) is 5.56 Å². The number of nitrogens with one attached hydrogen (secondary N) is 1. The van der Waals surface area contributed by atoms with Crippen molar-refractivity contribution in [1.29, 1.82) is 0 Å². The number of pyridine rings is 1. The zero-order valence-electron chi connectivity index (χ0n) is 8.43. The molecule has 3 nitrogen and oxygen atoms in total. The third kappa shape index (κ3) is 1.58. The topological polar surface area (TPSA) is 42.1 Å². The van der Waals surface area contributed by atoms with E-state index in [0.717, 1.165) is 5.39 Å². The van der Waals surface area contributed by atoms with Crippen LogP contribution < -0.4 is 10.3 Å². The SMILES string of the molecule is COc1cc2cc(C)c(=O)[nH]c2cc1F. The minimum absolute atomic E-state index is 0.175. The van der Waals surface area contributed by atoms with Crippen LogP contribution in [0.4, 0.5) is 4.39 Å². The van der Waals surface area contributed by atoms with Crippen molar-refractivity contribution in [2.75, 3.05) is 7.11 Å². The highest BCUT2D eigenvalue weighted by Gasteiger charge is 2.06. The van der Waals surface area contributed by atoms with Crippen molar-refractivity contribution in [3.05, 3.63) is 39.9 Å². The zero-order valence-corrected chi connectivity index (χ0v) is 8.43. The summed E-state index contributed by atoms with van der Waals surface area (Å²) in [5.74, 6) is -0.307. The van der Waals surface area contributed by atoms with Gasteiger partial charge in [-0.1, -0.05) is 0 Å². The number of hydrogen-bond donors (Lipinski definition) is 1. The van der Waals surface area contributed by atoms with Crippen molar-refractivity contribution in [2.24, 2.45) is 0 Å². The number of hydrogen-bond acceptors (Lipinski definition) is 2. The van der Waals surface area contributed by atoms with E-state index in [9.17, 15) is 9.18 Å². The van der Waals surface area contributed by atoms with Crippen LogP contribution in [-0.2, 0) is 0 Å². The van der Waals surface area contributed by atoms with Crippen LogP contribution in [0.5, 0.6) is 5.75 Å². The van der Waals surface area contributed by atoms with Crippen molar-refractivity contribution in [3.8, 4) is 5.75 Å². The zero-order chi connectivity index (χ0) is 11.0. The van der Waals surface area contributed by atoms with Crippen LogP contribution >= 0.6 is 0 Å². The Kier molecular flexibility index (Phi) is 2.19. The highest BCUT2D eigenvalue weighted by molar-refractivity contribution is 5.80. The number of fused-ring (bicyclic) bond motifs is 1. The standard InChI is InChI=1S/C11H10FNO2/c1-6-3-7-4-10(15-2)8(12)5-9(7)13-11(6)14/h3-5H,1-2H3,(H,13,14). The monoisotopic (exact) mass is 207 g/mol. The number of aryl methyl sites for hydroxylation is 1. The first kappa shape index (κ1) is 9.71. The maximum Gasteiger partial charge on any atom is 0.251 e. The van der Waals surface area contributed by atoms with E-state index in [-0.39, 0.29) is 11.3 Å². The van der Waals surface area contributed by atoms with Gasteiger partial charge in [-0.15, -0.1) is 0 Å². The molecule has 0 fully saturated rings. The van der Waals surface area contributed by atoms with Crippen molar-refractivity contribution < 1.29 is 9.13 Å². The van der Waals surface area contributed by atoms with E-state index in [2.05, 4.69) is 4.98 Å². The third-order valence-electron chi connectivity index (χ3n) is 2.30. The van der Waals surface area contributed by atoms with E-state index in [1.54, 1.807) is 19.1 Å². The van der Waals surface area contributed by atoms with Crippen LogP contribution in [0.3, 0.4) is 0 Å². The molecule has 0 aliphatic rings. The number of aromatic nitrogens is 1. The largest absolute Gasteiger partial charge is 0.494 e. The summed E-state index contributed by atoms with van der Waals surface area (Å²) in [5.41, 5.74) is 0.868. The van der Waals surface area contributed by atoms with Crippen LogP contribution in [0.25, 0.3) is 10.9 Å². The predicted octanol–water partition coefficient (Wildman–Crippen LogP) is 1.98. The predicted molar refractivity (Wildman–Crippen MR) is 55.8 cm³/mol. The summed E-state index contributed by atoms with van der Waals surface area (Å²) in [5, 5.41) is 0.755. The highest BCUT2D eigenvalue weighted by Crippen LogP contribution is 2.22. The quantitative estimate of drug-likeness (QED) is 0.776. The molecule has 0 radical (unpaired) electrons. The first-order valence-corrected chi connectivity index (χ1v) is 4.49. The van der Waals surface area contributed by atoms with Crippen molar-refractivity contribution in [2.45, 2.75) is 6.92 Å². The molecule has 4 heteroatoms. The second-order valence-electron chi connectivity index (χ2n) is 3.36. The number of methoxy groups -OCH3 is 1. The first-order valence-electron chi connectivity index (χ1n) is 4.49. The van der Waals surface area contributed by atoms with Gasteiger partial charge >= 0.3 is 0 Å². The molecule has 0 saturated heterocycles. The van der Waals surface area contributed by atoms with Gasteiger partial charge in [-0.2, -0.15) is 0 Å². The Labute approximate surface area is 85.5 Å². The fraction of sp³-hybridized carbons (Fsp3) is 0.182. The molecule has 1 heterocycles. The van der Waals surface area contributed by atoms with Gasteiger partial charge in [0, 0.05) is 17.0 Å². The average molecular weight is 207 g/mol. The van der Waals surface area contributed by atoms with Gasteiger partial charge in [0.1, 0.15) is 0 Å². The van der Waals surface area contributed by atoms with E-state index in [1.165, 1.54) is 13.2 Å². The second-order valence-corrected chi connectivity index (χ2v) is 3.36. The normalized spacial score (nSPS) is 10.6. The van der Waals surface area contributed by atoms with Crippen molar-refractivity contribution in [1.82, 2.24) is 4.98 Å². The number of benzene rings is 1. The maximum atomic E-state index is 13.3. The molecule has 0 amide bonds. The molecule has 15 heavy (non-hydrogen) atoms. The summed E-state index contributed by atoms with van der Waals surface area (Å²) in [7, 11) is 1.41. The fourth-order valence-electron chi connectivity index (χ4n) is 1.47. The molecule has 0 aliphatic heterocycles. The van der Waals surface area contributed by atoms with Gasteiger partial charge in [0.2, 0.25) is 0 Å². The fourth-order valence-corrected chi connectivity index (χ4v) is 1.47. The summed E-state index contributed by atoms with van der Waals surface area (Å²) in [6.45, 7) is 1.70. The number of aromatic amines is 1.